The molecule has 3 rings (SSSR count). The summed E-state index contributed by atoms with van der Waals surface area (Å²) in [6, 6.07) is 10.9. The van der Waals surface area contributed by atoms with Crippen molar-refractivity contribution in [1.29, 1.82) is 0 Å². The Balaban J connectivity index is 2.00. The molecule has 2 atom stereocenters. The monoisotopic (exact) mass is 256 g/mol. The molecule has 0 bridgehead atoms. The molecule has 2 aromatic rings. The number of pyridine rings is 1. The van der Waals surface area contributed by atoms with E-state index in [1.165, 1.54) is 17.4 Å². The quantitative estimate of drug-likeness (QED) is 0.917. The predicted molar refractivity (Wildman–Crippen MR) is 77.1 cm³/mol. The molecular weight excluding hydrogens is 236 g/mol. The second-order valence-electron chi connectivity index (χ2n) is 5.16. The van der Waals surface area contributed by atoms with Gasteiger partial charge in [0.1, 0.15) is 0 Å². The van der Waals surface area contributed by atoms with E-state index < -0.39 is 0 Å². The van der Waals surface area contributed by atoms with E-state index >= 15 is 0 Å². The lowest BCUT2D eigenvalue weighted by Gasteiger charge is -2.31. The molecule has 2 unspecified atom stereocenters. The molecular formula is C16H20N2O. The summed E-state index contributed by atoms with van der Waals surface area (Å²) in [6.45, 7) is 1.76. The highest BCUT2D eigenvalue weighted by molar-refractivity contribution is 5.82. The summed E-state index contributed by atoms with van der Waals surface area (Å²) >= 11 is 0. The largest absolute Gasteiger partial charge is 0.381 e. The number of rotatable bonds is 3. The molecule has 0 amide bonds. The van der Waals surface area contributed by atoms with Crippen LogP contribution in [-0.2, 0) is 4.74 Å². The molecule has 1 fully saturated rings. The Bertz CT molecular complexity index is 544. The molecule has 1 aromatic carbocycles. The fourth-order valence-electron chi connectivity index (χ4n) is 3.07. The lowest BCUT2D eigenvalue weighted by Crippen LogP contribution is -2.31. The molecule has 1 aliphatic heterocycles. The SMILES string of the molecule is CNC(c1cccc2ncccc12)C1CCCOC1. The fraction of sp³-hybridized carbons (Fsp3) is 0.438. The van der Waals surface area contributed by atoms with Gasteiger partial charge in [-0.3, -0.25) is 4.98 Å². The van der Waals surface area contributed by atoms with Gasteiger partial charge in [-0.1, -0.05) is 18.2 Å². The van der Waals surface area contributed by atoms with Crippen molar-refractivity contribution < 1.29 is 4.74 Å². The van der Waals surface area contributed by atoms with Gasteiger partial charge in [-0.2, -0.15) is 0 Å². The van der Waals surface area contributed by atoms with Crippen LogP contribution in [-0.4, -0.2) is 25.2 Å². The van der Waals surface area contributed by atoms with Crippen molar-refractivity contribution in [1.82, 2.24) is 10.3 Å². The lowest BCUT2D eigenvalue weighted by atomic mass is 9.87. The van der Waals surface area contributed by atoms with Crippen molar-refractivity contribution in [3.8, 4) is 0 Å². The summed E-state index contributed by atoms with van der Waals surface area (Å²) < 4.78 is 5.64. The van der Waals surface area contributed by atoms with Crippen LogP contribution < -0.4 is 5.32 Å². The van der Waals surface area contributed by atoms with Crippen LogP contribution in [0.4, 0.5) is 0 Å². The minimum atomic E-state index is 0.341. The minimum Gasteiger partial charge on any atom is -0.381 e. The highest BCUT2D eigenvalue weighted by Gasteiger charge is 2.25. The molecule has 100 valence electrons. The number of nitrogens with zero attached hydrogens (tertiary/aromatic N) is 1. The van der Waals surface area contributed by atoms with E-state index in [1.807, 2.05) is 19.3 Å². The van der Waals surface area contributed by atoms with Gasteiger partial charge in [0.15, 0.2) is 0 Å². The first-order valence-electron chi connectivity index (χ1n) is 6.99. The Morgan fingerprint density at radius 2 is 2.26 bits per heavy atom. The number of hydrogen-bond donors (Lipinski definition) is 1. The van der Waals surface area contributed by atoms with Crippen LogP contribution >= 0.6 is 0 Å². The van der Waals surface area contributed by atoms with Gasteiger partial charge in [-0.05, 0) is 37.6 Å². The maximum absolute atomic E-state index is 5.64. The first-order chi connectivity index (χ1) is 9.40. The summed E-state index contributed by atoms with van der Waals surface area (Å²) in [5.41, 5.74) is 2.40. The van der Waals surface area contributed by atoms with Crippen molar-refractivity contribution in [2.75, 3.05) is 20.3 Å². The third-order valence-corrected chi connectivity index (χ3v) is 3.99. The van der Waals surface area contributed by atoms with Gasteiger partial charge >= 0.3 is 0 Å². The van der Waals surface area contributed by atoms with Crippen LogP contribution in [0.1, 0.15) is 24.4 Å². The molecule has 19 heavy (non-hydrogen) atoms. The van der Waals surface area contributed by atoms with Gasteiger partial charge < -0.3 is 10.1 Å². The van der Waals surface area contributed by atoms with Gasteiger partial charge in [0.2, 0.25) is 0 Å². The Labute approximate surface area is 114 Å². The van der Waals surface area contributed by atoms with Gasteiger partial charge in [0.05, 0.1) is 12.1 Å². The summed E-state index contributed by atoms with van der Waals surface area (Å²) in [5.74, 6) is 0.546. The first-order valence-corrected chi connectivity index (χ1v) is 6.99. The molecule has 2 heterocycles. The van der Waals surface area contributed by atoms with E-state index in [0.717, 1.165) is 25.2 Å². The fourth-order valence-corrected chi connectivity index (χ4v) is 3.07. The second kappa shape index (κ2) is 5.68. The summed E-state index contributed by atoms with van der Waals surface area (Å²) in [6.07, 6.45) is 4.23. The molecule has 1 aliphatic rings. The standard InChI is InChI=1S/C16H20N2O/c1-17-16(12-5-4-10-19-11-12)14-6-2-8-15-13(14)7-3-9-18-15/h2-3,6-9,12,16-17H,4-5,10-11H2,1H3. The molecule has 3 nitrogen and oxygen atoms in total. The normalized spacial score (nSPS) is 21.4. The minimum absolute atomic E-state index is 0.341. The zero-order valence-corrected chi connectivity index (χ0v) is 11.3. The number of benzene rings is 1. The van der Waals surface area contributed by atoms with Crippen LogP contribution in [0.25, 0.3) is 10.9 Å². The number of aromatic nitrogens is 1. The highest BCUT2D eigenvalue weighted by Crippen LogP contribution is 2.32. The maximum atomic E-state index is 5.64. The van der Waals surface area contributed by atoms with Crippen LogP contribution in [0.15, 0.2) is 36.5 Å². The summed E-state index contributed by atoms with van der Waals surface area (Å²) in [7, 11) is 2.04. The molecule has 1 saturated heterocycles. The van der Waals surface area contributed by atoms with Crippen molar-refractivity contribution in [2.24, 2.45) is 5.92 Å². The topological polar surface area (TPSA) is 34.2 Å². The molecule has 0 aliphatic carbocycles. The molecule has 3 heteroatoms. The summed E-state index contributed by atoms with van der Waals surface area (Å²) in [4.78, 5) is 4.44. The van der Waals surface area contributed by atoms with Gasteiger partial charge in [0.25, 0.3) is 0 Å². The smallest absolute Gasteiger partial charge is 0.0705 e. The van der Waals surface area contributed by atoms with E-state index in [9.17, 15) is 0 Å². The Morgan fingerprint density at radius 3 is 3.05 bits per heavy atom. The third kappa shape index (κ3) is 2.48. The number of hydrogen-bond acceptors (Lipinski definition) is 3. The number of ether oxygens (including phenoxy) is 1. The van der Waals surface area contributed by atoms with Gasteiger partial charge in [-0.25, -0.2) is 0 Å². The van der Waals surface area contributed by atoms with Crippen LogP contribution in [0.3, 0.4) is 0 Å². The number of fused-ring (bicyclic) bond motifs is 1. The Kier molecular flexibility index (Phi) is 3.76. The molecule has 0 radical (unpaired) electrons. The van der Waals surface area contributed by atoms with Crippen molar-refractivity contribution in [2.45, 2.75) is 18.9 Å². The molecule has 0 saturated carbocycles. The maximum Gasteiger partial charge on any atom is 0.0705 e. The zero-order valence-electron chi connectivity index (χ0n) is 11.3. The number of nitrogens with one attached hydrogen (secondary N) is 1. The van der Waals surface area contributed by atoms with E-state index in [4.69, 9.17) is 4.74 Å². The summed E-state index contributed by atoms with van der Waals surface area (Å²) in [5, 5.41) is 4.72. The molecule has 1 N–H and O–H groups in total. The third-order valence-electron chi connectivity index (χ3n) is 3.99. The van der Waals surface area contributed by atoms with E-state index in [0.29, 0.717) is 12.0 Å². The molecule has 0 spiro atoms. The van der Waals surface area contributed by atoms with E-state index in [-0.39, 0.29) is 0 Å². The van der Waals surface area contributed by atoms with Crippen molar-refractivity contribution in [3.63, 3.8) is 0 Å². The highest BCUT2D eigenvalue weighted by atomic mass is 16.5. The van der Waals surface area contributed by atoms with Crippen molar-refractivity contribution in [3.05, 3.63) is 42.1 Å². The second-order valence-corrected chi connectivity index (χ2v) is 5.16. The van der Waals surface area contributed by atoms with E-state index in [2.05, 4.69) is 34.6 Å². The van der Waals surface area contributed by atoms with Crippen LogP contribution in [0, 0.1) is 5.92 Å². The average molecular weight is 256 g/mol. The van der Waals surface area contributed by atoms with Crippen LogP contribution in [0.5, 0.6) is 0 Å². The van der Waals surface area contributed by atoms with E-state index in [1.54, 1.807) is 0 Å². The Hall–Kier alpha value is -1.45. The molecule has 1 aromatic heterocycles. The predicted octanol–water partition coefficient (Wildman–Crippen LogP) is 2.92. The van der Waals surface area contributed by atoms with Gasteiger partial charge in [-0.15, -0.1) is 0 Å². The lowest BCUT2D eigenvalue weighted by molar-refractivity contribution is 0.0404. The zero-order chi connectivity index (χ0) is 13.1. The van der Waals surface area contributed by atoms with Crippen molar-refractivity contribution >= 4 is 10.9 Å². The van der Waals surface area contributed by atoms with Crippen LogP contribution in [0.2, 0.25) is 0 Å². The van der Waals surface area contributed by atoms with Gasteiger partial charge in [0, 0.05) is 30.1 Å². The average Bonchev–Trinajstić information content (AvgIpc) is 2.49. The Morgan fingerprint density at radius 1 is 1.32 bits per heavy atom. The first kappa shape index (κ1) is 12.6.